The fraction of sp³-hybridized carbons (Fsp3) is 0.217. The topological polar surface area (TPSA) is 51.3 Å². The van der Waals surface area contributed by atoms with Crippen molar-refractivity contribution in [1.29, 1.82) is 0 Å². The Morgan fingerprint density at radius 1 is 1.14 bits per heavy atom. The Morgan fingerprint density at radius 2 is 2.00 bits per heavy atom. The molecule has 0 aliphatic carbocycles. The summed E-state index contributed by atoms with van der Waals surface area (Å²) in [5, 5.41) is 6.20. The van der Waals surface area contributed by atoms with E-state index in [1.807, 2.05) is 72.4 Å². The second kappa shape index (κ2) is 8.92. The zero-order chi connectivity index (χ0) is 20.1. The van der Waals surface area contributed by atoms with Crippen molar-refractivity contribution in [2.75, 3.05) is 13.6 Å². The Balaban J connectivity index is 1.31. The predicted molar refractivity (Wildman–Crippen MR) is 115 cm³/mol. The molecule has 0 saturated carbocycles. The molecule has 6 heteroatoms. The molecule has 0 spiro atoms. The molecule has 1 aromatic carbocycles. The fourth-order valence-electron chi connectivity index (χ4n) is 3.28. The zero-order valence-corrected chi connectivity index (χ0v) is 17.1. The molecular formula is C23H23N3O2S. The van der Waals surface area contributed by atoms with Gasteiger partial charge in [-0.2, -0.15) is 0 Å². The summed E-state index contributed by atoms with van der Waals surface area (Å²) in [5.74, 6) is 0.875. The zero-order valence-electron chi connectivity index (χ0n) is 16.3. The largest absolute Gasteiger partial charge is 0.361 e. The molecule has 4 rings (SSSR count). The van der Waals surface area contributed by atoms with Gasteiger partial charge in [0, 0.05) is 42.7 Å². The number of carbonyl (C=O) groups excluding carboxylic acids is 1. The van der Waals surface area contributed by atoms with E-state index in [4.69, 9.17) is 4.52 Å². The minimum absolute atomic E-state index is 0.0362. The van der Waals surface area contributed by atoms with Crippen LogP contribution in [-0.4, -0.2) is 34.1 Å². The summed E-state index contributed by atoms with van der Waals surface area (Å²) in [4.78, 5) is 15.9. The average molecular weight is 406 g/mol. The maximum atomic E-state index is 12.9. The van der Waals surface area contributed by atoms with Crippen molar-refractivity contribution in [3.8, 4) is 11.3 Å². The van der Waals surface area contributed by atoms with Crippen LogP contribution < -0.4 is 0 Å². The number of aromatic nitrogens is 2. The number of aryl methyl sites for hydroxylation is 1. The van der Waals surface area contributed by atoms with Gasteiger partial charge in [-0.1, -0.05) is 41.6 Å². The number of rotatable bonds is 8. The first-order valence-electron chi connectivity index (χ1n) is 9.65. The Labute approximate surface area is 174 Å². The van der Waals surface area contributed by atoms with Gasteiger partial charge in [0.2, 0.25) is 0 Å². The monoisotopic (exact) mass is 405 g/mol. The lowest BCUT2D eigenvalue weighted by Gasteiger charge is -2.18. The molecule has 0 atom stereocenters. The summed E-state index contributed by atoms with van der Waals surface area (Å²) >= 11 is 1.70. The van der Waals surface area contributed by atoms with Crippen molar-refractivity contribution in [3.05, 3.63) is 88.6 Å². The van der Waals surface area contributed by atoms with Crippen molar-refractivity contribution in [2.24, 2.45) is 0 Å². The van der Waals surface area contributed by atoms with Crippen molar-refractivity contribution in [2.45, 2.75) is 19.4 Å². The molecular weight excluding hydrogens is 382 g/mol. The third-order valence-electron chi connectivity index (χ3n) is 4.85. The molecule has 0 bridgehead atoms. The molecule has 0 unspecified atom stereocenters. The van der Waals surface area contributed by atoms with E-state index in [-0.39, 0.29) is 5.91 Å². The molecule has 0 radical (unpaired) electrons. The van der Waals surface area contributed by atoms with Crippen molar-refractivity contribution < 1.29 is 9.32 Å². The first kappa shape index (κ1) is 19.2. The van der Waals surface area contributed by atoms with Gasteiger partial charge in [0.25, 0.3) is 5.91 Å². The highest BCUT2D eigenvalue weighted by molar-refractivity contribution is 7.09. The number of nitrogens with zero attached hydrogens (tertiary/aromatic N) is 3. The van der Waals surface area contributed by atoms with E-state index in [2.05, 4.69) is 16.6 Å². The molecule has 148 valence electrons. The normalized spacial score (nSPS) is 10.9. The van der Waals surface area contributed by atoms with Crippen LogP contribution in [0.5, 0.6) is 0 Å². The van der Waals surface area contributed by atoms with Crippen LogP contribution in [0.2, 0.25) is 0 Å². The van der Waals surface area contributed by atoms with Gasteiger partial charge in [-0.05, 0) is 30.0 Å². The minimum atomic E-state index is 0.0362. The van der Waals surface area contributed by atoms with E-state index < -0.39 is 0 Å². The number of hydrogen-bond donors (Lipinski definition) is 0. The molecule has 1 amide bonds. The predicted octanol–water partition coefficient (Wildman–Crippen LogP) is 4.96. The van der Waals surface area contributed by atoms with Crippen LogP contribution in [-0.2, 0) is 13.0 Å². The van der Waals surface area contributed by atoms with Gasteiger partial charge in [0.15, 0.2) is 0 Å². The van der Waals surface area contributed by atoms with Crippen LogP contribution in [0.1, 0.15) is 27.5 Å². The lowest BCUT2D eigenvalue weighted by atomic mass is 10.1. The third-order valence-corrected chi connectivity index (χ3v) is 5.71. The Kier molecular flexibility index (Phi) is 5.91. The number of hydrogen-bond acceptors (Lipinski definition) is 4. The van der Waals surface area contributed by atoms with Crippen LogP contribution in [0, 0.1) is 0 Å². The highest BCUT2D eigenvalue weighted by atomic mass is 32.1. The smallest absolute Gasteiger partial charge is 0.270 e. The van der Waals surface area contributed by atoms with Crippen molar-refractivity contribution >= 4 is 17.2 Å². The van der Waals surface area contributed by atoms with E-state index in [0.717, 1.165) is 36.4 Å². The SMILES string of the molecule is CN(CCCc1cc(-c2ccccc2)no1)C(=O)c1cccn1Cc1cccs1. The summed E-state index contributed by atoms with van der Waals surface area (Å²) in [6, 6.07) is 19.9. The summed E-state index contributed by atoms with van der Waals surface area (Å²) in [6.07, 6.45) is 3.52. The number of benzene rings is 1. The highest BCUT2D eigenvalue weighted by Gasteiger charge is 2.16. The Hall–Kier alpha value is -3.12. The molecule has 4 aromatic rings. The molecule has 0 aliphatic heterocycles. The maximum absolute atomic E-state index is 12.9. The first-order valence-corrected chi connectivity index (χ1v) is 10.5. The first-order chi connectivity index (χ1) is 14.2. The standard InChI is InChI=1S/C23H23N3O2S/c1-25(23(27)22-12-6-14-26(22)17-20-11-7-15-29-20)13-5-10-19-16-21(24-28-19)18-8-3-2-4-9-18/h2-4,6-9,11-12,14-16H,5,10,13,17H2,1H3. The fourth-order valence-corrected chi connectivity index (χ4v) is 3.98. The molecule has 0 saturated heterocycles. The Bertz CT molecular complexity index is 1050. The third kappa shape index (κ3) is 4.66. The van der Waals surface area contributed by atoms with E-state index in [1.165, 1.54) is 4.88 Å². The van der Waals surface area contributed by atoms with Crippen LogP contribution in [0.15, 0.2) is 76.8 Å². The molecule has 0 aliphatic rings. The van der Waals surface area contributed by atoms with Crippen LogP contribution in [0.4, 0.5) is 0 Å². The molecule has 0 N–H and O–H groups in total. The van der Waals surface area contributed by atoms with E-state index in [0.29, 0.717) is 12.2 Å². The maximum Gasteiger partial charge on any atom is 0.270 e. The Morgan fingerprint density at radius 3 is 2.79 bits per heavy atom. The van der Waals surface area contributed by atoms with Gasteiger partial charge in [-0.15, -0.1) is 11.3 Å². The summed E-state index contributed by atoms with van der Waals surface area (Å²) < 4.78 is 7.46. The molecule has 5 nitrogen and oxygen atoms in total. The van der Waals surface area contributed by atoms with E-state index >= 15 is 0 Å². The average Bonchev–Trinajstić information content (AvgIpc) is 3.51. The van der Waals surface area contributed by atoms with Gasteiger partial charge in [0.05, 0.1) is 6.54 Å². The van der Waals surface area contributed by atoms with Crippen molar-refractivity contribution in [1.82, 2.24) is 14.6 Å². The van der Waals surface area contributed by atoms with Crippen LogP contribution in [0.25, 0.3) is 11.3 Å². The molecule has 3 aromatic heterocycles. The number of amides is 1. The van der Waals surface area contributed by atoms with Gasteiger partial charge in [0.1, 0.15) is 17.1 Å². The van der Waals surface area contributed by atoms with Gasteiger partial charge < -0.3 is 14.0 Å². The summed E-state index contributed by atoms with van der Waals surface area (Å²) in [6.45, 7) is 1.38. The quantitative estimate of drug-likeness (QED) is 0.416. The summed E-state index contributed by atoms with van der Waals surface area (Å²) in [7, 11) is 1.85. The van der Waals surface area contributed by atoms with E-state index in [9.17, 15) is 4.79 Å². The second-order valence-electron chi connectivity index (χ2n) is 6.98. The molecule has 3 heterocycles. The highest BCUT2D eigenvalue weighted by Crippen LogP contribution is 2.19. The second-order valence-corrected chi connectivity index (χ2v) is 8.01. The number of carbonyl (C=O) groups is 1. The minimum Gasteiger partial charge on any atom is -0.361 e. The lowest BCUT2D eigenvalue weighted by molar-refractivity contribution is 0.0782. The van der Waals surface area contributed by atoms with E-state index in [1.54, 1.807) is 16.2 Å². The van der Waals surface area contributed by atoms with Crippen LogP contribution in [0.3, 0.4) is 0 Å². The molecule has 29 heavy (non-hydrogen) atoms. The van der Waals surface area contributed by atoms with Crippen LogP contribution >= 0.6 is 11.3 Å². The van der Waals surface area contributed by atoms with Gasteiger partial charge in [-0.25, -0.2) is 0 Å². The summed E-state index contributed by atoms with van der Waals surface area (Å²) in [5.41, 5.74) is 2.60. The van der Waals surface area contributed by atoms with Crippen molar-refractivity contribution in [3.63, 3.8) is 0 Å². The van der Waals surface area contributed by atoms with Gasteiger partial charge in [-0.3, -0.25) is 4.79 Å². The number of thiophene rings is 1. The molecule has 0 fully saturated rings. The lowest BCUT2D eigenvalue weighted by Crippen LogP contribution is -2.29. The van der Waals surface area contributed by atoms with Gasteiger partial charge >= 0.3 is 0 Å².